The molecule has 1 fully saturated rings. The van der Waals surface area contributed by atoms with Crippen molar-refractivity contribution in [1.29, 1.82) is 0 Å². The van der Waals surface area contributed by atoms with Gasteiger partial charge in [0.1, 0.15) is 6.61 Å². The Morgan fingerprint density at radius 3 is 2.55 bits per heavy atom. The number of likely N-dealkylation sites (tertiary alicyclic amines) is 1. The second-order valence-electron chi connectivity index (χ2n) is 6.16. The maximum atomic E-state index is 9.69. The summed E-state index contributed by atoms with van der Waals surface area (Å²) in [5.41, 5.74) is 0.109. The molecule has 1 unspecified atom stereocenters. The first kappa shape index (κ1) is 17.1. The fourth-order valence-corrected chi connectivity index (χ4v) is 3.29. The van der Waals surface area contributed by atoms with E-state index in [1.807, 2.05) is 31.2 Å². The third-order valence-electron chi connectivity index (χ3n) is 4.45. The Morgan fingerprint density at radius 1 is 1.18 bits per heavy atom. The zero-order valence-corrected chi connectivity index (χ0v) is 13.9. The Kier molecular flexibility index (Phi) is 6.52. The van der Waals surface area contributed by atoms with Crippen LogP contribution in [0.5, 0.6) is 11.5 Å². The summed E-state index contributed by atoms with van der Waals surface area (Å²) in [6, 6.07) is 7.81. The molecule has 0 bridgehead atoms. The van der Waals surface area contributed by atoms with Crippen molar-refractivity contribution in [2.45, 2.75) is 33.1 Å². The lowest BCUT2D eigenvalue weighted by Crippen LogP contribution is -2.32. The van der Waals surface area contributed by atoms with E-state index in [1.165, 1.54) is 0 Å². The van der Waals surface area contributed by atoms with Crippen molar-refractivity contribution in [3.8, 4) is 11.5 Å². The minimum absolute atomic E-state index is 0.109. The normalized spacial score (nSPS) is 22.0. The molecule has 1 aromatic carbocycles. The number of aliphatic hydroxyl groups is 1. The second-order valence-corrected chi connectivity index (χ2v) is 6.16. The molecule has 1 saturated heterocycles. The van der Waals surface area contributed by atoms with Gasteiger partial charge in [-0.3, -0.25) is 4.90 Å². The van der Waals surface area contributed by atoms with E-state index in [0.29, 0.717) is 19.8 Å². The Labute approximate surface area is 134 Å². The van der Waals surface area contributed by atoms with Crippen LogP contribution < -0.4 is 9.47 Å². The van der Waals surface area contributed by atoms with Crippen LogP contribution in [0.3, 0.4) is 0 Å². The highest BCUT2D eigenvalue weighted by atomic mass is 16.5. The number of rotatable bonds is 9. The molecule has 0 aromatic heterocycles. The molecule has 0 amide bonds. The minimum atomic E-state index is 0.109. The molecule has 0 saturated carbocycles. The van der Waals surface area contributed by atoms with E-state index in [4.69, 9.17) is 9.47 Å². The Bertz CT molecular complexity index is 452. The van der Waals surface area contributed by atoms with Crippen molar-refractivity contribution in [3.63, 3.8) is 0 Å². The minimum Gasteiger partial charge on any atom is -0.490 e. The van der Waals surface area contributed by atoms with Crippen LogP contribution in [0.15, 0.2) is 24.3 Å². The van der Waals surface area contributed by atoms with E-state index in [1.54, 1.807) is 0 Å². The smallest absolute Gasteiger partial charge is 0.161 e. The van der Waals surface area contributed by atoms with Gasteiger partial charge in [0.05, 0.1) is 6.61 Å². The fraction of sp³-hybridized carbons (Fsp3) is 0.667. The zero-order valence-electron chi connectivity index (χ0n) is 13.9. The van der Waals surface area contributed by atoms with Crippen molar-refractivity contribution < 1.29 is 14.6 Å². The molecule has 2 rings (SSSR count). The van der Waals surface area contributed by atoms with Crippen LogP contribution in [0.25, 0.3) is 0 Å². The number of hydrogen-bond acceptors (Lipinski definition) is 4. The van der Waals surface area contributed by atoms with Gasteiger partial charge in [-0.1, -0.05) is 25.5 Å². The monoisotopic (exact) mass is 307 g/mol. The number of benzene rings is 1. The van der Waals surface area contributed by atoms with E-state index >= 15 is 0 Å². The molecule has 1 aliphatic rings. The predicted molar refractivity (Wildman–Crippen MR) is 88.6 cm³/mol. The van der Waals surface area contributed by atoms with Crippen molar-refractivity contribution >= 4 is 0 Å². The molecule has 4 heteroatoms. The number of hydrogen-bond donors (Lipinski definition) is 1. The fourth-order valence-electron chi connectivity index (χ4n) is 3.29. The molecule has 0 spiro atoms. The summed E-state index contributed by atoms with van der Waals surface area (Å²) in [5, 5.41) is 9.69. The summed E-state index contributed by atoms with van der Waals surface area (Å²) in [6.07, 6.45) is 3.33. The molecule has 1 aromatic rings. The van der Waals surface area contributed by atoms with E-state index in [0.717, 1.165) is 50.4 Å². The molecular formula is C18H29NO3. The Balaban J connectivity index is 1.80. The van der Waals surface area contributed by atoms with Gasteiger partial charge in [-0.2, -0.15) is 0 Å². The van der Waals surface area contributed by atoms with Crippen LogP contribution in [0, 0.1) is 5.41 Å². The third kappa shape index (κ3) is 4.37. The Morgan fingerprint density at radius 2 is 1.91 bits per heavy atom. The molecule has 4 nitrogen and oxygen atoms in total. The van der Waals surface area contributed by atoms with Crippen molar-refractivity contribution in [1.82, 2.24) is 4.90 Å². The highest BCUT2D eigenvalue weighted by Gasteiger charge is 2.36. The van der Waals surface area contributed by atoms with E-state index < -0.39 is 0 Å². The molecule has 124 valence electrons. The van der Waals surface area contributed by atoms with Gasteiger partial charge >= 0.3 is 0 Å². The third-order valence-corrected chi connectivity index (χ3v) is 4.45. The summed E-state index contributed by atoms with van der Waals surface area (Å²) in [4.78, 5) is 2.40. The highest BCUT2D eigenvalue weighted by Crippen LogP contribution is 2.34. The van der Waals surface area contributed by atoms with Gasteiger partial charge in [0, 0.05) is 25.1 Å². The van der Waals surface area contributed by atoms with Crippen molar-refractivity contribution in [2.75, 3.05) is 39.5 Å². The van der Waals surface area contributed by atoms with Crippen LogP contribution >= 0.6 is 0 Å². The van der Waals surface area contributed by atoms with Crippen molar-refractivity contribution in [2.24, 2.45) is 5.41 Å². The number of aliphatic hydroxyl groups excluding tert-OH is 1. The number of nitrogens with zero attached hydrogens (tertiary/aromatic N) is 1. The van der Waals surface area contributed by atoms with Gasteiger partial charge in [0.15, 0.2) is 11.5 Å². The summed E-state index contributed by atoms with van der Waals surface area (Å²) in [7, 11) is 0. The van der Waals surface area contributed by atoms with Crippen LogP contribution in [-0.4, -0.2) is 49.5 Å². The molecule has 1 heterocycles. The molecule has 22 heavy (non-hydrogen) atoms. The summed E-state index contributed by atoms with van der Waals surface area (Å²) < 4.78 is 11.5. The maximum Gasteiger partial charge on any atom is 0.161 e. The Hall–Kier alpha value is -1.26. The SMILES string of the molecule is CCCC1(CO)CCN(CCOc2ccccc2OCC)C1. The standard InChI is InChI=1S/C18H29NO3/c1-3-9-18(15-20)10-11-19(14-18)12-13-22-17-8-6-5-7-16(17)21-4-2/h5-8,20H,3-4,9-15H2,1-2H3. The molecular weight excluding hydrogens is 278 g/mol. The number of para-hydroxylation sites is 2. The molecule has 0 aliphatic carbocycles. The van der Waals surface area contributed by atoms with E-state index in [-0.39, 0.29) is 5.41 Å². The summed E-state index contributed by atoms with van der Waals surface area (Å²) in [6.45, 7) is 8.68. The predicted octanol–water partition coefficient (Wildman–Crippen LogP) is 2.95. The van der Waals surface area contributed by atoms with Crippen molar-refractivity contribution in [3.05, 3.63) is 24.3 Å². The van der Waals surface area contributed by atoms with Gasteiger partial charge in [-0.15, -0.1) is 0 Å². The first-order chi connectivity index (χ1) is 10.7. The van der Waals surface area contributed by atoms with Crippen LogP contribution in [0.2, 0.25) is 0 Å². The van der Waals surface area contributed by atoms with E-state index in [2.05, 4.69) is 11.8 Å². The lowest BCUT2D eigenvalue weighted by Gasteiger charge is -2.26. The average Bonchev–Trinajstić information content (AvgIpc) is 2.93. The zero-order chi connectivity index (χ0) is 15.8. The first-order valence-electron chi connectivity index (χ1n) is 8.41. The largest absolute Gasteiger partial charge is 0.490 e. The van der Waals surface area contributed by atoms with Crippen LogP contribution in [0.1, 0.15) is 33.1 Å². The second kappa shape index (κ2) is 8.39. The van der Waals surface area contributed by atoms with Gasteiger partial charge < -0.3 is 14.6 Å². The summed E-state index contributed by atoms with van der Waals surface area (Å²) in [5.74, 6) is 1.62. The highest BCUT2D eigenvalue weighted by molar-refractivity contribution is 5.39. The maximum absolute atomic E-state index is 9.69. The molecule has 0 radical (unpaired) electrons. The molecule has 1 aliphatic heterocycles. The van der Waals surface area contributed by atoms with Crippen LogP contribution in [0.4, 0.5) is 0 Å². The lowest BCUT2D eigenvalue weighted by molar-refractivity contribution is 0.114. The van der Waals surface area contributed by atoms with Crippen LogP contribution in [-0.2, 0) is 0 Å². The van der Waals surface area contributed by atoms with Gasteiger partial charge in [-0.05, 0) is 38.4 Å². The molecule has 1 atom stereocenters. The van der Waals surface area contributed by atoms with E-state index in [9.17, 15) is 5.11 Å². The molecule has 1 N–H and O–H groups in total. The van der Waals surface area contributed by atoms with Gasteiger partial charge in [0.25, 0.3) is 0 Å². The van der Waals surface area contributed by atoms with Gasteiger partial charge in [0.2, 0.25) is 0 Å². The quantitative estimate of drug-likeness (QED) is 0.761. The average molecular weight is 307 g/mol. The topological polar surface area (TPSA) is 41.9 Å². The summed E-state index contributed by atoms with van der Waals surface area (Å²) >= 11 is 0. The lowest BCUT2D eigenvalue weighted by atomic mass is 9.83. The first-order valence-corrected chi connectivity index (χ1v) is 8.41. The number of ether oxygens (including phenoxy) is 2. The van der Waals surface area contributed by atoms with Gasteiger partial charge in [-0.25, -0.2) is 0 Å².